The number of rotatable bonds is 6. The van der Waals surface area contributed by atoms with Crippen LogP contribution in [0, 0.1) is 0 Å². The molecule has 3 aromatic rings. The van der Waals surface area contributed by atoms with Gasteiger partial charge < -0.3 is 10.1 Å². The van der Waals surface area contributed by atoms with Crippen molar-refractivity contribution >= 4 is 28.9 Å². The van der Waals surface area contributed by atoms with Crippen LogP contribution in [0.3, 0.4) is 0 Å². The number of para-hydroxylation sites is 1. The first-order valence-corrected chi connectivity index (χ1v) is 8.41. The van der Waals surface area contributed by atoms with Gasteiger partial charge in [-0.2, -0.15) is 0 Å². The fraction of sp³-hybridized carbons (Fsp3) is 0.100. The quantitative estimate of drug-likeness (QED) is 0.568. The third kappa shape index (κ3) is 4.67. The van der Waals surface area contributed by atoms with Crippen molar-refractivity contribution in [3.05, 3.63) is 94.0 Å². The van der Waals surface area contributed by atoms with Crippen LogP contribution in [0.5, 0.6) is 5.75 Å². The molecule has 0 heterocycles. The molecule has 0 bridgehead atoms. The van der Waals surface area contributed by atoms with Crippen molar-refractivity contribution in [1.29, 1.82) is 0 Å². The summed E-state index contributed by atoms with van der Waals surface area (Å²) >= 11 is 11.9. The number of anilines is 1. The maximum absolute atomic E-state index is 6.02. The first-order chi connectivity index (χ1) is 11.7. The monoisotopic (exact) mass is 357 g/mol. The van der Waals surface area contributed by atoms with Crippen molar-refractivity contribution in [2.75, 3.05) is 5.32 Å². The van der Waals surface area contributed by atoms with Crippen LogP contribution in [0.1, 0.15) is 11.1 Å². The highest BCUT2D eigenvalue weighted by Crippen LogP contribution is 2.23. The molecule has 1 N–H and O–H groups in total. The molecule has 0 atom stereocenters. The average Bonchev–Trinajstić information content (AvgIpc) is 2.62. The highest BCUT2D eigenvalue weighted by molar-refractivity contribution is 6.42. The zero-order valence-corrected chi connectivity index (χ0v) is 14.5. The Labute approximate surface area is 152 Å². The molecule has 3 aromatic carbocycles. The Morgan fingerprint density at radius 3 is 2.38 bits per heavy atom. The second-order valence-corrected chi connectivity index (χ2v) is 6.22. The second-order valence-electron chi connectivity index (χ2n) is 5.40. The van der Waals surface area contributed by atoms with E-state index in [4.69, 9.17) is 27.9 Å². The maximum Gasteiger partial charge on any atom is 0.120 e. The summed E-state index contributed by atoms with van der Waals surface area (Å²) in [7, 11) is 0. The van der Waals surface area contributed by atoms with Gasteiger partial charge in [-0.15, -0.1) is 0 Å². The Hall–Kier alpha value is -2.16. The third-order valence-corrected chi connectivity index (χ3v) is 4.30. The number of hydrogen-bond donors (Lipinski definition) is 1. The first-order valence-electron chi connectivity index (χ1n) is 7.65. The molecule has 122 valence electrons. The van der Waals surface area contributed by atoms with E-state index >= 15 is 0 Å². The lowest BCUT2D eigenvalue weighted by Crippen LogP contribution is -2.00. The van der Waals surface area contributed by atoms with Gasteiger partial charge >= 0.3 is 0 Å². The fourth-order valence-corrected chi connectivity index (χ4v) is 2.62. The van der Waals surface area contributed by atoms with E-state index in [0.717, 1.165) is 29.1 Å². The van der Waals surface area contributed by atoms with Gasteiger partial charge in [-0.1, -0.05) is 59.6 Å². The zero-order valence-electron chi connectivity index (χ0n) is 13.0. The number of nitrogens with one attached hydrogen (secondary N) is 1. The van der Waals surface area contributed by atoms with Crippen LogP contribution in [0.25, 0.3) is 0 Å². The van der Waals surface area contributed by atoms with Crippen LogP contribution in [-0.2, 0) is 13.2 Å². The summed E-state index contributed by atoms with van der Waals surface area (Å²) in [5.74, 6) is 0.827. The lowest BCUT2D eigenvalue weighted by molar-refractivity contribution is 0.306. The van der Waals surface area contributed by atoms with Gasteiger partial charge in [-0.25, -0.2) is 0 Å². The Balaban J connectivity index is 1.59. The summed E-state index contributed by atoms with van der Waals surface area (Å²) < 4.78 is 5.85. The van der Waals surface area contributed by atoms with Gasteiger partial charge in [0.1, 0.15) is 12.4 Å². The highest BCUT2D eigenvalue weighted by Gasteiger charge is 2.02. The van der Waals surface area contributed by atoms with E-state index in [-0.39, 0.29) is 0 Å². The van der Waals surface area contributed by atoms with Crippen LogP contribution in [0.4, 0.5) is 5.69 Å². The molecule has 0 saturated heterocycles. The summed E-state index contributed by atoms with van der Waals surface area (Å²) in [5.41, 5.74) is 3.24. The van der Waals surface area contributed by atoms with Crippen LogP contribution in [-0.4, -0.2) is 0 Å². The molecule has 0 fully saturated rings. The van der Waals surface area contributed by atoms with Crippen molar-refractivity contribution in [3.63, 3.8) is 0 Å². The molecule has 4 heteroatoms. The van der Waals surface area contributed by atoms with E-state index in [1.165, 1.54) is 0 Å². The number of hydrogen-bond acceptors (Lipinski definition) is 2. The molecule has 0 saturated carbocycles. The van der Waals surface area contributed by atoms with E-state index in [9.17, 15) is 0 Å². The normalized spacial score (nSPS) is 10.4. The standard InChI is InChI=1S/C20H17Cl2NO/c21-19-10-9-16(12-20(19)22)14-24-18-8-4-5-15(11-18)13-23-17-6-2-1-3-7-17/h1-12,23H,13-14H2. The average molecular weight is 358 g/mol. The van der Waals surface area contributed by atoms with Crippen LogP contribution in [0.2, 0.25) is 10.0 Å². The molecule has 0 aliphatic heterocycles. The number of halogens is 2. The van der Waals surface area contributed by atoms with Crippen molar-refractivity contribution < 1.29 is 4.74 Å². The van der Waals surface area contributed by atoms with Gasteiger partial charge in [0.25, 0.3) is 0 Å². The van der Waals surface area contributed by atoms with E-state index in [1.807, 2.05) is 60.7 Å². The summed E-state index contributed by atoms with van der Waals surface area (Å²) in [6, 6.07) is 23.7. The van der Waals surface area contributed by atoms with Gasteiger partial charge in [0.15, 0.2) is 0 Å². The van der Waals surface area contributed by atoms with Crippen molar-refractivity contribution in [3.8, 4) is 5.75 Å². The molecule has 3 rings (SSSR count). The van der Waals surface area contributed by atoms with E-state index in [1.54, 1.807) is 6.07 Å². The van der Waals surface area contributed by atoms with Gasteiger partial charge in [0.05, 0.1) is 10.0 Å². The minimum absolute atomic E-state index is 0.451. The van der Waals surface area contributed by atoms with Gasteiger partial charge in [0.2, 0.25) is 0 Å². The van der Waals surface area contributed by atoms with E-state index in [2.05, 4.69) is 11.4 Å². The molecular formula is C20H17Cl2NO. The van der Waals surface area contributed by atoms with E-state index in [0.29, 0.717) is 16.7 Å². The van der Waals surface area contributed by atoms with Crippen molar-refractivity contribution in [1.82, 2.24) is 0 Å². The smallest absolute Gasteiger partial charge is 0.120 e. The highest BCUT2D eigenvalue weighted by atomic mass is 35.5. The molecule has 0 radical (unpaired) electrons. The predicted molar refractivity (Wildman–Crippen MR) is 101 cm³/mol. The Morgan fingerprint density at radius 1 is 0.750 bits per heavy atom. The number of benzene rings is 3. The van der Waals surface area contributed by atoms with Gasteiger partial charge in [-0.05, 0) is 47.5 Å². The topological polar surface area (TPSA) is 21.3 Å². The lowest BCUT2D eigenvalue weighted by Gasteiger charge is -2.10. The first kappa shape index (κ1) is 16.7. The Kier molecular flexibility index (Phi) is 5.63. The van der Waals surface area contributed by atoms with Gasteiger partial charge in [0, 0.05) is 12.2 Å². The zero-order chi connectivity index (χ0) is 16.8. The Morgan fingerprint density at radius 2 is 1.58 bits per heavy atom. The summed E-state index contributed by atoms with van der Waals surface area (Å²) in [6.07, 6.45) is 0. The summed E-state index contributed by atoms with van der Waals surface area (Å²) in [4.78, 5) is 0. The maximum atomic E-state index is 6.02. The van der Waals surface area contributed by atoms with Gasteiger partial charge in [-0.3, -0.25) is 0 Å². The molecule has 0 aliphatic rings. The van der Waals surface area contributed by atoms with Crippen molar-refractivity contribution in [2.24, 2.45) is 0 Å². The molecule has 0 unspecified atom stereocenters. The third-order valence-electron chi connectivity index (χ3n) is 3.56. The lowest BCUT2D eigenvalue weighted by atomic mass is 10.2. The Bertz CT molecular complexity index is 806. The van der Waals surface area contributed by atoms with Crippen LogP contribution in [0.15, 0.2) is 72.8 Å². The molecule has 0 aliphatic carbocycles. The number of ether oxygens (including phenoxy) is 1. The molecule has 2 nitrogen and oxygen atoms in total. The van der Waals surface area contributed by atoms with Crippen LogP contribution < -0.4 is 10.1 Å². The van der Waals surface area contributed by atoms with Crippen molar-refractivity contribution in [2.45, 2.75) is 13.2 Å². The molecule has 24 heavy (non-hydrogen) atoms. The second kappa shape index (κ2) is 8.09. The van der Waals surface area contributed by atoms with Crippen LogP contribution >= 0.6 is 23.2 Å². The minimum atomic E-state index is 0.451. The molecule has 0 aromatic heterocycles. The minimum Gasteiger partial charge on any atom is -0.489 e. The largest absolute Gasteiger partial charge is 0.489 e. The molecular weight excluding hydrogens is 341 g/mol. The fourth-order valence-electron chi connectivity index (χ4n) is 2.30. The van der Waals surface area contributed by atoms with E-state index < -0.39 is 0 Å². The SMILES string of the molecule is Clc1ccc(COc2cccc(CNc3ccccc3)c2)cc1Cl. The summed E-state index contributed by atoms with van der Waals surface area (Å²) in [5, 5.41) is 4.48. The predicted octanol–water partition coefficient (Wildman–Crippen LogP) is 6.18. The molecule has 0 spiro atoms. The molecule has 0 amide bonds. The summed E-state index contributed by atoms with van der Waals surface area (Å²) in [6.45, 7) is 1.19.